The van der Waals surface area contributed by atoms with Gasteiger partial charge in [0.1, 0.15) is 6.23 Å². The minimum absolute atomic E-state index is 0.0997. The quantitative estimate of drug-likeness (QED) is 0.370. The SMILES string of the molecule is CN(C)c1ccc(/N=N/c2ccccc2C(O)NCCS(=O)(=O)O)cc1. The summed E-state index contributed by atoms with van der Waals surface area (Å²) in [5.41, 5.74) is 2.62. The molecule has 9 heteroatoms. The van der Waals surface area contributed by atoms with Crippen molar-refractivity contribution >= 4 is 27.2 Å². The molecule has 2 aromatic rings. The standard InChI is InChI=1S/C17H22N4O4S/c1-21(2)14-9-7-13(8-10-14)19-20-16-6-4-3-5-15(16)17(22)18-11-12-26(23,24)25/h3-10,17-18,22H,11-12H2,1-2H3,(H,23,24,25)/b20-19+. The highest BCUT2D eigenvalue weighted by Gasteiger charge is 2.13. The first-order chi connectivity index (χ1) is 12.3. The molecule has 2 aromatic carbocycles. The Kier molecular flexibility index (Phi) is 6.81. The van der Waals surface area contributed by atoms with Crippen molar-refractivity contribution in [1.29, 1.82) is 0 Å². The minimum Gasteiger partial charge on any atom is -0.378 e. The molecule has 26 heavy (non-hydrogen) atoms. The number of hydrogen-bond acceptors (Lipinski definition) is 7. The molecule has 0 aliphatic heterocycles. The Hall–Kier alpha value is -2.33. The topological polar surface area (TPSA) is 115 Å². The fraction of sp³-hybridized carbons (Fsp3) is 0.294. The van der Waals surface area contributed by atoms with Gasteiger partial charge >= 0.3 is 0 Å². The number of aliphatic hydroxyl groups excluding tert-OH is 1. The van der Waals surface area contributed by atoms with E-state index in [9.17, 15) is 13.5 Å². The zero-order chi connectivity index (χ0) is 19.2. The van der Waals surface area contributed by atoms with Crippen LogP contribution in [0.25, 0.3) is 0 Å². The molecule has 0 saturated heterocycles. The summed E-state index contributed by atoms with van der Waals surface area (Å²) >= 11 is 0. The first-order valence-electron chi connectivity index (χ1n) is 7.91. The summed E-state index contributed by atoms with van der Waals surface area (Å²) in [6.45, 7) is -0.0997. The maximum Gasteiger partial charge on any atom is 0.266 e. The number of hydrogen-bond donors (Lipinski definition) is 3. The monoisotopic (exact) mass is 378 g/mol. The van der Waals surface area contributed by atoms with E-state index >= 15 is 0 Å². The largest absolute Gasteiger partial charge is 0.378 e. The number of azo groups is 1. The van der Waals surface area contributed by atoms with Gasteiger partial charge in [-0.15, -0.1) is 0 Å². The lowest BCUT2D eigenvalue weighted by Gasteiger charge is -2.14. The second kappa shape index (κ2) is 8.86. The third kappa shape index (κ3) is 6.19. The number of rotatable bonds is 8. The first-order valence-corrected chi connectivity index (χ1v) is 9.52. The molecule has 0 radical (unpaired) electrons. The predicted octanol–water partition coefficient (Wildman–Crippen LogP) is 2.64. The highest BCUT2D eigenvalue weighted by atomic mass is 32.2. The van der Waals surface area contributed by atoms with Crippen LogP contribution < -0.4 is 10.2 Å². The number of aliphatic hydroxyl groups is 1. The van der Waals surface area contributed by atoms with Gasteiger partial charge in [0, 0.05) is 31.9 Å². The lowest BCUT2D eigenvalue weighted by molar-refractivity contribution is 0.142. The second-order valence-electron chi connectivity index (χ2n) is 5.81. The normalized spacial score (nSPS) is 13.1. The van der Waals surface area contributed by atoms with E-state index in [1.807, 2.05) is 43.3 Å². The summed E-state index contributed by atoms with van der Waals surface area (Å²) in [6, 6.07) is 14.4. The highest BCUT2D eigenvalue weighted by molar-refractivity contribution is 7.85. The van der Waals surface area contributed by atoms with Gasteiger partial charge in [0.15, 0.2) is 0 Å². The molecule has 0 fully saturated rings. The molecule has 140 valence electrons. The van der Waals surface area contributed by atoms with E-state index in [1.165, 1.54) is 0 Å². The molecule has 8 nitrogen and oxygen atoms in total. The van der Waals surface area contributed by atoms with E-state index in [-0.39, 0.29) is 6.54 Å². The lowest BCUT2D eigenvalue weighted by atomic mass is 10.1. The third-order valence-corrected chi connectivity index (χ3v) is 4.29. The molecule has 0 spiro atoms. The second-order valence-corrected chi connectivity index (χ2v) is 7.38. The third-order valence-electron chi connectivity index (χ3n) is 3.57. The van der Waals surface area contributed by atoms with E-state index in [0.29, 0.717) is 16.9 Å². The summed E-state index contributed by atoms with van der Waals surface area (Å²) < 4.78 is 30.2. The zero-order valence-electron chi connectivity index (χ0n) is 14.6. The van der Waals surface area contributed by atoms with Crippen molar-refractivity contribution in [1.82, 2.24) is 5.32 Å². The van der Waals surface area contributed by atoms with E-state index in [2.05, 4.69) is 15.5 Å². The number of anilines is 1. The molecule has 0 bridgehead atoms. The molecule has 1 atom stereocenters. The van der Waals surface area contributed by atoms with Crippen LogP contribution in [-0.2, 0) is 10.1 Å². The Bertz CT molecular complexity index is 851. The summed E-state index contributed by atoms with van der Waals surface area (Å²) in [5.74, 6) is -0.494. The Morgan fingerprint density at radius 1 is 1.08 bits per heavy atom. The van der Waals surface area contributed by atoms with Gasteiger partial charge in [0.05, 0.1) is 17.1 Å². The van der Waals surface area contributed by atoms with Gasteiger partial charge in [-0.3, -0.25) is 9.87 Å². The molecule has 0 heterocycles. The van der Waals surface area contributed by atoms with Crippen LogP contribution in [0.15, 0.2) is 58.8 Å². The Balaban J connectivity index is 2.10. The van der Waals surface area contributed by atoms with Crippen LogP contribution in [-0.4, -0.2) is 44.5 Å². The van der Waals surface area contributed by atoms with E-state index in [0.717, 1.165) is 5.69 Å². The maximum absolute atomic E-state index is 10.7. The van der Waals surface area contributed by atoms with Crippen LogP contribution in [0.1, 0.15) is 11.8 Å². The average Bonchev–Trinajstić information content (AvgIpc) is 2.59. The molecule has 2 rings (SSSR count). The van der Waals surface area contributed by atoms with E-state index in [4.69, 9.17) is 4.55 Å². The molecule has 0 aromatic heterocycles. The van der Waals surface area contributed by atoms with Gasteiger partial charge in [0.2, 0.25) is 0 Å². The molecular formula is C17H22N4O4S. The Morgan fingerprint density at radius 2 is 1.73 bits per heavy atom. The predicted molar refractivity (Wildman–Crippen MR) is 101 cm³/mol. The maximum atomic E-state index is 10.7. The van der Waals surface area contributed by atoms with Gasteiger partial charge in [-0.05, 0) is 30.3 Å². The first kappa shape index (κ1) is 20.0. The van der Waals surface area contributed by atoms with Crippen molar-refractivity contribution in [3.05, 3.63) is 54.1 Å². The summed E-state index contributed by atoms with van der Waals surface area (Å²) in [4.78, 5) is 1.98. The Labute approximate surface area is 152 Å². The zero-order valence-corrected chi connectivity index (χ0v) is 15.4. The fourth-order valence-corrected chi connectivity index (χ4v) is 2.55. The van der Waals surface area contributed by atoms with Crippen LogP contribution in [0.3, 0.4) is 0 Å². The minimum atomic E-state index is -4.09. The molecule has 0 amide bonds. The van der Waals surface area contributed by atoms with Gasteiger partial charge < -0.3 is 10.0 Å². The van der Waals surface area contributed by atoms with Crippen LogP contribution >= 0.6 is 0 Å². The molecule has 1 unspecified atom stereocenters. The van der Waals surface area contributed by atoms with Crippen molar-refractivity contribution in [3.8, 4) is 0 Å². The lowest BCUT2D eigenvalue weighted by Crippen LogP contribution is -2.27. The van der Waals surface area contributed by atoms with Crippen molar-refractivity contribution in [3.63, 3.8) is 0 Å². The van der Waals surface area contributed by atoms with Crippen molar-refractivity contribution in [2.24, 2.45) is 10.2 Å². The van der Waals surface area contributed by atoms with Crippen LogP contribution in [0.4, 0.5) is 17.1 Å². The van der Waals surface area contributed by atoms with E-state index in [1.54, 1.807) is 24.3 Å². The summed E-state index contributed by atoms with van der Waals surface area (Å²) in [5, 5.41) is 21.2. The van der Waals surface area contributed by atoms with Gasteiger partial charge in [-0.25, -0.2) is 0 Å². The summed E-state index contributed by atoms with van der Waals surface area (Å²) in [7, 11) is -0.192. The Morgan fingerprint density at radius 3 is 2.35 bits per heavy atom. The molecule has 0 saturated carbocycles. The smallest absolute Gasteiger partial charge is 0.266 e. The van der Waals surface area contributed by atoms with Crippen molar-refractivity contribution in [2.45, 2.75) is 6.23 Å². The van der Waals surface area contributed by atoms with Crippen molar-refractivity contribution < 1.29 is 18.1 Å². The number of nitrogens with zero attached hydrogens (tertiary/aromatic N) is 3. The molecule has 0 aliphatic rings. The van der Waals surface area contributed by atoms with Crippen LogP contribution in [0.2, 0.25) is 0 Å². The van der Waals surface area contributed by atoms with Gasteiger partial charge in [-0.1, -0.05) is 18.2 Å². The fourth-order valence-electron chi connectivity index (χ4n) is 2.17. The van der Waals surface area contributed by atoms with Crippen LogP contribution in [0.5, 0.6) is 0 Å². The molecular weight excluding hydrogens is 356 g/mol. The van der Waals surface area contributed by atoms with E-state index < -0.39 is 22.1 Å². The number of nitrogens with one attached hydrogen (secondary N) is 1. The molecule has 3 N–H and O–H groups in total. The highest BCUT2D eigenvalue weighted by Crippen LogP contribution is 2.26. The average molecular weight is 378 g/mol. The van der Waals surface area contributed by atoms with Crippen LogP contribution in [0, 0.1) is 0 Å². The summed E-state index contributed by atoms with van der Waals surface area (Å²) in [6.07, 6.45) is -1.14. The van der Waals surface area contributed by atoms with Gasteiger partial charge in [-0.2, -0.15) is 18.6 Å². The molecule has 0 aliphatic carbocycles. The number of benzene rings is 2. The van der Waals surface area contributed by atoms with Gasteiger partial charge in [0.25, 0.3) is 10.1 Å². The van der Waals surface area contributed by atoms with Crippen molar-refractivity contribution in [2.75, 3.05) is 31.3 Å².